The molecule has 3 aromatic rings. The molecule has 2 fully saturated rings. The lowest BCUT2D eigenvalue weighted by atomic mass is 9.84. The molecule has 2 aromatic carbocycles. The molecule has 1 aliphatic carbocycles. The Labute approximate surface area is 212 Å². The molecule has 1 aliphatic heterocycles. The van der Waals surface area contributed by atoms with E-state index in [1.807, 2.05) is 37.3 Å². The Balaban J connectivity index is 1.38. The van der Waals surface area contributed by atoms with Gasteiger partial charge in [0.1, 0.15) is 0 Å². The van der Waals surface area contributed by atoms with Gasteiger partial charge in [-0.2, -0.15) is 0 Å². The van der Waals surface area contributed by atoms with Crippen molar-refractivity contribution in [3.63, 3.8) is 0 Å². The topological polar surface area (TPSA) is 42.3 Å². The number of imide groups is 1. The molecule has 1 aromatic heterocycles. The number of benzene rings is 2. The van der Waals surface area contributed by atoms with Crippen molar-refractivity contribution in [1.29, 1.82) is 0 Å². The normalized spacial score (nSPS) is 18.1. The summed E-state index contributed by atoms with van der Waals surface area (Å²) < 4.78 is 2.23. The third-order valence-corrected chi connectivity index (χ3v) is 8.36. The first-order valence-electron chi connectivity index (χ1n) is 12.5. The quantitative estimate of drug-likeness (QED) is 0.349. The van der Waals surface area contributed by atoms with Crippen LogP contribution in [0.4, 0.5) is 4.79 Å². The van der Waals surface area contributed by atoms with Gasteiger partial charge in [0.25, 0.3) is 11.1 Å². The van der Waals surface area contributed by atoms with Crippen molar-refractivity contribution in [2.24, 2.45) is 0 Å². The largest absolute Gasteiger partial charge is 0.318 e. The van der Waals surface area contributed by atoms with Gasteiger partial charge >= 0.3 is 0 Å². The second-order valence-corrected chi connectivity index (χ2v) is 10.8. The van der Waals surface area contributed by atoms with Gasteiger partial charge in [-0.05, 0) is 97.8 Å². The summed E-state index contributed by atoms with van der Waals surface area (Å²) in [6.07, 6.45) is 8.50. The van der Waals surface area contributed by atoms with Crippen LogP contribution in [0.5, 0.6) is 0 Å². The van der Waals surface area contributed by atoms with Crippen LogP contribution in [0.3, 0.4) is 0 Å². The smallest absolute Gasteiger partial charge is 0.293 e. The van der Waals surface area contributed by atoms with E-state index >= 15 is 0 Å². The average molecular weight is 485 g/mol. The number of aryl methyl sites for hydroxylation is 2. The van der Waals surface area contributed by atoms with Crippen LogP contribution in [0, 0.1) is 20.8 Å². The van der Waals surface area contributed by atoms with Crippen LogP contribution in [-0.2, 0) is 11.3 Å². The molecule has 5 rings (SSSR count). The molecule has 180 valence electrons. The Morgan fingerprint density at radius 3 is 2.37 bits per heavy atom. The minimum atomic E-state index is -0.218. The zero-order valence-electron chi connectivity index (χ0n) is 20.7. The molecule has 1 saturated heterocycles. The highest BCUT2D eigenvalue weighted by molar-refractivity contribution is 8.18. The van der Waals surface area contributed by atoms with E-state index in [9.17, 15) is 9.59 Å². The van der Waals surface area contributed by atoms with E-state index in [1.54, 1.807) is 0 Å². The highest BCUT2D eigenvalue weighted by Crippen LogP contribution is 2.36. The highest BCUT2D eigenvalue weighted by atomic mass is 32.2. The second-order valence-electron chi connectivity index (χ2n) is 9.78. The van der Waals surface area contributed by atoms with Gasteiger partial charge in [0.15, 0.2) is 0 Å². The molecule has 5 heteroatoms. The van der Waals surface area contributed by atoms with Gasteiger partial charge < -0.3 is 4.57 Å². The maximum absolute atomic E-state index is 13.1. The summed E-state index contributed by atoms with van der Waals surface area (Å²) >= 11 is 1.03. The third-order valence-electron chi connectivity index (χ3n) is 7.45. The fraction of sp³-hybridized carbons (Fsp3) is 0.333. The van der Waals surface area contributed by atoms with E-state index < -0.39 is 0 Å². The summed E-state index contributed by atoms with van der Waals surface area (Å²) in [5.74, 6) is 0.473. The first-order chi connectivity index (χ1) is 16.9. The summed E-state index contributed by atoms with van der Waals surface area (Å²) in [5.41, 5.74) is 7.79. The molecule has 0 atom stereocenters. The van der Waals surface area contributed by atoms with Crippen LogP contribution in [0.1, 0.15) is 71.7 Å². The van der Waals surface area contributed by atoms with Gasteiger partial charge in [0, 0.05) is 17.1 Å². The Hall–Kier alpha value is -3.05. The van der Waals surface area contributed by atoms with E-state index in [4.69, 9.17) is 0 Å². The lowest BCUT2D eigenvalue weighted by molar-refractivity contribution is -0.123. The van der Waals surface area contributed by atoms with Gasteiger partial charge in [-0.1, -0.05) is 55.7 Å². The maximum atomic E-state index is 13.1. The van der Waals surface area contributed by atoms with Crippen LogP contribution in [-0.4, -0.2) is 20.6 Å². The maximum Gasteiger partial charge on any atom is 0.293 e. The van der Waals surface area contributed by atoms with Crippen molar-refractivity contribution < 1.29 is 9.59 Å². The number of hydrogen-bond acceptors (Lipinski definition) is 3. The third kappa shape index (κ3) is 4.74. The number of amides is 2. The number of carbonyl (C=O) groups is 2. The molecule has 1 saturated carbocycles. The fourth-order valence-electron chi connectivity index (χ4n) is 5.40. The van der Waals surface area contributed by atoms with Crippen molar-refractivity contribution >= 4 is 29.0 Å². The predicted octanol–water partition coefficient (Wildman–Crippen LogP) is 7.69. The summed E-state index contributed by atoms with van der Waals surface area (Å²) in [6, 6.07) is 18.9. The van der Waals surface area contributed by atoms with Gasteiger partial charge in [0.2, 0.25) is 0 Å². The molecule has 0 spiro atoms. The molecule has 0 unspecified atom stereocenters. The van der Waals surface area contributed by atoms with E-state index in [0.29, 0.717) is 17.4 Å². The van der Waals surface area contributed by atoms with Crippen molar-refractivity contribution in [2.75, 3.05) is 0 Å². The summed E-state index contributed by atoms with van der Waals surface area (Å²) in [4.78, 5) is 27.6. The molecule has 0 radical (unpaired) electrons. The minimum Gasteiger partial charge on any atom is -0.318 e. The molecule has 2 heterocycles. The van der Waals surface area contributed by atoms with Crippen molar-refractivity contribution in [2.45, 2.75) is 65.3 Å². The van der Waals surface area contributed by atoms with Gasteiger partial charge in [-0.3, -0.25) is 14.5 Å². The number of hydrogen-bond donors (Lipinski definition) is 0. The van der Waals surface area contributed by atoms with Crippen LogP contribution in [0.15, 0.2) is 59.5 Å². The zero-order valence-corrected chi connectivity index (χ0v) is 21.5. The molecule has 35 heavy (non-hydrogen) atoms. The van der Waals surface area contributed by atoms with Crippen LogP contribution in [0.25, 0.3) is 11.8 Å². The lowest BCUT2D eigenvalue weighted by Gasteiger charge is -2.22. The standard InChI is InChI=1S/C30H32N2O2S/c1-20-9-7-8-12-25(20)19-31-29(33)28(35-30(31)34)18-26-17-21(2)32(22(26)3)27-15-13-24(14-16-27)23-10-5-4-6-11-23/h7-9,12-18,23H,4-6,10-11,19H2,1-3H3/b28-18-. The summed E-state index contributed by atoms with van der Waals surface area (Å²) in [5, 5.41) is -0.211. The first kappa shape index (κ1) is 23.7. The fourth-order valence-corrected chi connectivity index (χ4v) is 6.23. The molecular weight excluding hydrogens is 452 g/mol. The van der Waals surface area contributed by atoms with Gasteiger partial charge in [-0.25, -0.2) is 0 Å². The molecular formula is C30H32N2O2S. The molecule has 0 N–H and O–H groups in total. The number of carbonyl (C=O) groups excluding carboxylic acids is 2. The Kier molecular flexibility index (Phi) is 6.70. The van der Waals surface area contributed by atoms with Crippen molar-refractivity contribution in [3.8, 4) is 5.69 Å². The summed E-state index contributed by atoms with van der Waals surface area (Å²) in [6.45, 7) is 6.47. The summed E-state index contributed by atoms with van der Waals surface area (Å²) in [7, 11) is 0. The van der Waals surface area contributed by atoms with E-state index in [2.05, 4.69) is 48.7 Å². The first-order valence-corrected chi connectivity index (χ1v) is 13.3. The SMILES string of the molecule is Cc1ccccc1CN1C(=O)S/C(=C\c2cc(C)n(-c3ccc(C4CCCCC4)cc3)c2C)C1=O. The van der Waals surface area contributed by atoms with Crippen molar-refractivity contribution in [3.05, 3.63) is 93.1 Å². The minimum absolute atomic E-state index is 0.211. The molecule has 0 bridgehead atoms. The Morgan fingerprint density at radius 1 is 0.943 bits per heavy atom. The van der Waals surface area contributed by atoms with Crippen LogP contribution in [0.2, 0.25) is 0 Å². The number of aromatic nitrogens is 1. The van der Waals surface area contributed by atoms with Crippen molar-refractivity contribution in [1.82, 2.24) is 9.47 Å². The highest BCUT2D eigenvalue weighted by Gasteiger charge is 2.35. The average Bonchev–Trinajstić information content (AvgIpc) is 3.30. The molecule has 2 amide bonds. The number of rotatable bonds is 5. The van der Waals surface area contributed by atoms with E-state index in [0.717, 1.165) is 45.5 Å². The van der Waals surface area contributed by atoms with Crippen LogP contribution < -0.4 is 0 Å². The second kappa shape index (κ2) is 9.90. The molecule has 2 aliphatic rings. The number of thioether (sulfide) groups is 1. The monoisotopic (exact) mass is 484 g/mol. The lowest BCUT2D eigenvalue weighted by Crippen LogP contribution is -2.27. The zero-order chi connectivity index (χ0) is 24.5. The van der Waals surface area contributed by atoms with Gasteiger partial charge in [-0.15, -0.1) is 0 Å². The molecule has 4 nitrogen and oxygen atoms in total. The van der Waals surface area contributed by atoms with Crippen LogP contribution >= 0.6 is 11.8 Å². The Bertz CT molecular complexity index is 1300. The number of nitrogens with zero attached hydrogens (tertiary/aromatic N) is 2. The van der Waals surface area contributed by atoms with Gasteiger partial charge in [0.05, 0.1) is 11.4 Å². The van der Waals surface area contributed by atoms with E-state index in [1.165, 1.54) is 42.6 Å². The Morgan fingerprint density at radius 2 is 1.66 bits per heavy atom. The van der Waals surface area contributed by atoms with E-state index in [-0.39, 0.29) is 11.1 Å². The predicted molar refractivity (Wildman–Crippen MR) is 144 cm³/mol.